The molecule has 2 aromatic rings. The first-order valence-electron chi connectivity index (χ1n) is 5.99. The second-order valence-electron chi connectivity index (χ2n) is 4.66. The van der Waals surface area contributed by atoms with Crippen molar-refractivity contribution in [3.63, 3.8) is 0 Å². The molecule has 3 rings (SSSR count). The predicted octanol–water partition coefficient (Wildman–Crippen LogP) is 2.20. The van der Waals surface area contributed by atoms with Gasteiger partial charge in [-0.1, -0.05) is 12.2 Å². The largest absolute Gasteiger partial charge is 0.392 e. The lowest BCUT2D eigenvalue weighted by atomic mass is 9.91. The van der Waals surface area contributed by atoms with Crippen molar-refractivity contribution in [3.05, 3.63) is 29.6 Å². The van der Waals surface area contributed by atoms with Crippen molar-refractivity contribution < 1.29 is 0 Å². The lowest BCUT2D eigenvalue weighted by molar-refractivity contribution is 0.686. The second-order valence-corrected chi connectivity index (χ2v) is 5.18. The molecular weight excluding hydrogens is 230 g/mol. The molecule has 0 unspecified atom stereocenters. The highest BCUT2D eigenvalue weighted by atomic mass is 32.1. The molecule has 1 aliphatic rings. The zero-order valence-electron chi connectivity index (χ0n) is 9.65. The Labute approximate surface area is 106 Å². The third kappa shape index (κ3) is 1.93. The standard InChI is InChI=1S/C13H15N3S/c14-13(17)7-16-8-15-11-5-9-3-1-2-4-10(9)6-12(11)16/h5-6,8H,1-4,7H2,(H2,14,17). The van der Waals surface area contributed by atoms with E-state index >= 15 is 0 Å². The van der Waals surface area contributed by atoms with Gasteiger partial charge in [-0.05, 0) is 48.9 Å². The van der Waals surface area contributed by atoms with Crippen molar-refractivity contribution in [2.24, 2.45) is 5.73 Å². The summed E-state index contributed by atoms with van der Waals surface area (Å²) in [5.74, 6) is 0. The normalized spacial score (nSPS) is 14.8. The summed E-state index contributed by atoms with van der Waals surface area (Å²) in [4.78, 5) is 4.93. The molecule has 0 fully saturated rings. The SMILES string of the molecule is NC(=S)Cn1cnc2cc3c(cc21)CCCC3. The summed E-state index contributed by atoms with van der Waals surface area (Å²) in [5.41, 5.74) is 10.7. The van der Waals surface area contributed by atoms with Crippen molar-refractivity contribution in [3.8, 4) is 0 Å². The van der Waals surface area contributed by atoms with Gasteiger partial charge < -0.3 is 10.3 Å². The third-order valence-corrected chi connectivity index (χ3v) is 3.54. The molecule has 0 bridgehead atoms. The van der Waals surface area contributed by atoms with E-state index < -0.39 is 0 Å². The first-order chi connectivity index (χ1) is 8.24. The number of aromatic nitrogens is 2. The van der Waals surface area contributed by atoms with E-state index in [1.54, 1.807) is 0 Å². The summed E-state index contributed by atoms with van der Waals surface area (Å²) in [6.07, 6.45) is 6.79. The minimum atomic E-state index is 0.502. The molecule has 3 nitrogen and oxygen atoms in total. The summed E-state index contributed by atoms with van der Waals surface area (Å²) in [6.45, 7) is 0.574. The molecule has 0 spiro atoms. The highest BCUT2D eigenvalue weighted by molar-refractivity contribution is 7.80. The molecule has 1 aromatic carbocycles. The number of hydrogen-bond donors (Lipinski definition) is 1. The molecule has 0 saturated carbocycles. The Morgan fingerprint density at radius 2 is 2.00 bits per heavy atom. The number of hydrogen-bond acceptors (Lipinski definition) is 2. The average Bonchev–Trinajstić information content (AvgIpc) is 2.68. The van der Waals surface area contributed by atoms with E-state index in [1.165, 1.54) is 36.8 Å². The highest BCUT2D eigenvalue weighted by Gasteiger charge is 2.12. The topological polar surface area (TPSA) is 43.8 Å². The number of thiocarbonyl (C=S) groups is 1. The van der Waals surface area contributed by atoms with Crippen LogP contribution in [0.25, 0.3) is 11.0 Å². The third-order valence-electron chi connectivity index (χ3n) is 3.41. The van der Waals surface area contributed by atoms with Crippen molar-refractivity contribution in [1.82, 2.24) is 9.55 Å². The van der Waals surface area contributed by atoms with Crippen LogP contribution in [0.1, 0.15) is 24.0 Å². The molecule has 1 heterocycles. The first-order valence-corrected chi connectivity index (χ1v) is 6.40. The van der Waals surface area contributed by atoms with Gasteiger partial charge in [0.05, 0.1) is 28.9 Å². The molecule has 0 radical (unpaired) electrons. The lowest BCUT2D eigenvalue weighted by Crippen LogP contribution is -2.15. The number of nitrogens with two attached hydrogens (primary N) is 1. The molecule has 17 heavy (non-hydrogen) atoms. The molecule has 1 aliphatic carbocycles. The van der Waals surface area contributed by atoms with Crippen molar-refractivity contribution >= 4 is 28.2 Å². The highest BCUT2D eigenvalue weighted by Crippen LogP contribution is 2.26. The van der Waals surface area contributed by atoms with Crippen molar-refractivity contribution in [2.45, 2.75) is 32.2 Å². The maximum absolute atomic E-state index is 5.60. The van der Waals surface area contributed by atoms with Gasteiger partial charge in [-0.2, -0.15) is 0 Å². The van der Waals surface area contributed by atoms with Crippen LogP contribution in [0.2, 0.25) is 0 Å². The quantitative estimate of drug-likeness (QED) is 0.825. The van der Waals surface area contributed by atoms with Crippen LogP contribution in [-0.4, -0.2) is 14.5 Å². The van der Waals surface area contributed by atoms with Gasteiger partial charge in [0.2, 0.25) is 0 Å². The number of aryl methyl sites for hydroxylation is 2. The zero-order valence-corrected chi connectivity index (χ0v) is 10.5. The molecule has 4 heteroatoms. The van der Waals surface area contributed by atoms with Gasteiger partial charge in [-0.3, -0.25) is 0 Å². The van der Waals surface area contributed by atoms with Gasteiger partial charge in [-0.25, -0.2) is 4.98 Å². The Morgan fingerprint density at radius 1 is 1.29 bits per heavy atom. The Kier molecular flexibility index (Phi) is 2.59. The Morgan fingerprint density at radius 3 is 2.71 bits per heavy atom. The van der Waals surface area contributed by atoms with Crippen LogP contribution in [0.3, 0.4) is 0 Å². The number of imidazole rings is 1. The molecule has 1 aromatic heterocycles. The van der Waals surface area contributed by atoms with Crippen molar-refractivity contribution in [1.29, 1.82) is 0 Å². The van der Waals surface area contributed by atoms with E-state index in [0.29, 0.717) is 11.5 Å². The summed E-state index contributed by atoms with van der Waals surface area (Å²) in [5, 5.41) is 0. The molecule has 2 N–H and O–H groups in total. The van der Waals surface area contributed by atoms with E-state index in [-0.39, 0.29) is 0 Å². The molecule has 0 saturated heterocycles. The average molecular weight is 245 g/mol. The van der Waals surface area contributed by atoms with Gasteiger partial charge >= 0.3 is 0 Å². The van der Waals surface area contributed by atoms with Crippen LogP contribution in [0.15, 0.2) is 18.5 Å². The van der Waals surface area contributed by atoms with Gasteiger partial charge in [0.15, 0.2) is 0 Å². The fraction of sp³-hybridized carbons (Fsp3) is 0.385. The van der Waals surface area contributed by atoms with Gasteiger partial charge in [0, 0.05) is 0 Å². The second kappa shape index (κ2) is 4.11. The summed E-state index contributed by atoms with van der Waals surface area (Å²) >= 11 is 4.96. The predicted molar refractivity (Wildman–Crippen MR) is 73.2 cm³/mol. The fourth-order valence-corrected chi connectivity index (χ4v) is 2.72. The van der Waals surface area contributed by atoms with Crippen LogP contribution in [0.5, 0.6) is 0 Å². The van der Waals surface area contributed by atoms with E-state index in [2.05, 4.69) is 17.1 Å². The van der Waals surface area contributed by atoms with Gasteiger partial charge in [0.25, 0.3) is 0 Å². The molecule has 0 atom stereocenters. The molecule has 0 aliphatic heterocycles. The lowest BCUT2D eigenvalue weighted by Gasteiger charge is -2.15. The number of benzene rings is 1. The maximum Gasteiger partial charge on any atom is 0.0962 e. The zero-order chi connectivity index (χ0) is 11.8. The van der Waals surface area contributed by atoms with Crippen molar-refractivity contribution in [2.75, 3.05) is 0 Å². The first kappa shape index (κ1) is 10.7. The minimum absolute atomic E-state index is 0.502. The molecular formula is C13H15N3S. The minimum Gasteiger partial charge on any atom is -0.392 e. The smallest absolute Gasteiger partial charge is 0.0962 e. The van der Waals surface area contributed by atoms with E-state index in [4.69, 9.17) is 18.0 Å². The van der Waals surface area contributed by atoms with E-state index in [0.717, 1.165) is 11.0 Å². The van der Waals surface area contributed by atoms with Crippen LogP contribution >= 0.6 is 12.2 Å². The van der Waals surface area contributed by atoms with Gasteiger partial charge in [-0.15, -0.1) is 0 Å². The Bertz CT molecular complexity index is 586. The summed E-state index contributed by atoms with van der Waals surface area (Å²) in [7, 11) is 0. The number of nitrogens with zero attached hydrogens (tertiary/aromatic N) is 2. The molecule has 88 valence electrons. The van der Waals surface area contributed by atoms with Gasteiger partial charge in [0.1, 0.15) is 0 Å². The molecule has 0 amide bonds. The van der Waals surface area contributed by atoms with Crippen LogP contribution in [-0.2, 0) is 19.4 Å². The maximum atomic E-state index is 5.60. The number of fused-ring (bicyclic) bond motifs is 2. The monoisotopic (exact) mass is 245 g/mol. The van der Waals surface area contributed by atoms with E-state index in [1.807, 2.05) is 10.9 Å². The summed E-state index contributed by atoms with van der Waals surface area (Å²) < 4.78 is 2.03. The Balaban J connectivity index is 2.12. The fourth-order valence-electron chi connectivity index (χ4n) is 2.58. The summed E-state index contributed by atoms with van der Waals surface area (Å²) in [6, 6.07) is 4.48. The van der Waals surface area contributed by atoms with Crippen LogP contribution in [0.4, 0.5) is 0 Å². The Hall–Kier alpha value is -1.42. The number of rotatable bonds is 2. The van der Waals surface area contributed by atoms with Crippen LogP contribution in [0, 0.1) is 0 Å². The van der Waals surface area contributed by atoms with E-state index in [9.17, 15) is 0 Å². The van der Waals surface area contributed by atoms with Crippen LogP contribution < -0.4 is 5.73 Å².